The van der Waals surface area contributed by atoms with E-state index in [2.05, 4.69) is 21.3 Å². The molecule has 0 saturated carbocycles. The summed E-state index contributed by atoms with van der Waals surface area (Å²) >= 11 is 1.64. The van der Waals surface area contributed by atoms with Gasteiger partial charge in [-0.05, 0) is 30.5 Å². The SMILES string of the molecule is N#Cc1nc(/C=C/c2cccs2)oc1NCCCN1CCOCC1. The highest BCUT2D eigenvalue weighted by Crippen LogP contribution is 2.19. The first-order valence-electron chi connectivity index (χ1n) is 8.01. The third-order valence-electron chi connectivity index (χ3n) is 3.72. The van der Waals surface area contributed by atoms with Crippen LogP contribution in [0.1, 0.15) is 22.9 Å². The largest absolute Gasteiger partial charge is 0.420 e. The summed E-state index contributed by atoms with van der Waals surface area (Å²) in [6.07, 6.45) is 4.69. The lowest BCUT2D eigenvalue weighted by Crippen LogP contribution is -2.37. The number of rotatable bonds is 7. The van der Waals surface area contributed by atoms with E-state index in [0.717, 1.165) is 50.7 Å². The molecule has 1 fully saturated rings. The molecule has 0 aromatic carbocycles. The Morgan fingerprint density at radius 2 is 2.25 bits per heavy atom. The van der Waals surface area contributed by atoms with E-state index in [9.17, 15) is 5.26 Å². The van der Waals surface area contributed by atoms with Crippen molar-refractivity contribution in [3.8, 4) is 6.07 Å². The summed E-state index contributed by atoms with van der Waals surface area (Å²) in [6, 6.07) is 6.08. The molecular weight excluding hydrogens is 324 g/mol. The van der Waals surface area contributed by atoms with Gasteiger partial charge in [-0.15, -0.1) is 11.3 Å². The minimum Gasteiger partial charge on any atom is -0.420 e. The van der Waals surface area contributed by atoms with Crippen LogP contribution in [0.4, 0.5) is 5.88 Å². The summed E-state index contributed by atoms with van der Waals surface area (Å²) in [6.45, 7) is 5.36. The molecule has 1 N–H and O–H groups in total. The lowest BCUT2D eigenvalue weighted by atomic mass is 10.3. The first-order valence-corrected chi connectivity index (χ1v) is 8.89. The van der Waals surface area contributed by atoms with Gasteiger partial charge in [0.1, 0.15) is 6.07 Å². The maximum absolute atomic E-state index is 9.19. The van der Waals surface area contributed by atoms with Crippen molar-refractivity contribution in [1.82, 2.24) is 9.88 Å². The molecule has 6 nitrogen and oxygen atoms in total. The highest BCUT2D eigenvalue weighted by molar-refractivity contribution is 7.10. The van der Waals surface area contributed by atoms with E-state index in [4.69, 9.17) is 9.15 Å². The fourth-order valence-electron chi connectivity index (χ4n) is 2.47. The van der Waals surface area contributed by atoms with E-state index in [1.807, 2.05) is 23.6 Å². The van der Waals surface area contributed by atoms with Gasteiger partial charge in [0.2, 0.25) is 17.5 Å². The molecule has 0 unspecified atom stereocenters. The van der Waals surface area contributed by atoms with Crippen LogP contribution in [-0.4, -0.2) is 49.3 Å². The van der Waals surface area contributed by atoms with Crippen molar-refractivity contribution >= 4 is 29.4 Å². The molecule has 1 aliphatic rings. The summed E-state index contributed by atoms with van der Waals surface area (Å²) < 4.78 is 11.0. The summed E-state index contributed by atoms with van der Waals surface area (Å²) in [5, 5.41) is 14.4. The van der Waals surface area contributed by atoms with E-state index in [-0.39, 0.29) is 0 Å². The zero-order chi connectivity index (χ0) is 16.6. The molecule has 0 atom stereocenters. The third-order valence-corrected chi connectivity index (χ3v) is 4.56. The molecular formula is C17H20N4O2S. The number of nitriles is 1. The van der Waals surface area contributed by atoms with E-state index < -0.39 is 0 Å². The van der Waals surface area contributed by atoms with Crippen LogP contribution in [0.3, 0.4) is 0 Å². The van der Waals surface area contributed by atoms with Crippen LogP contribution in [0.5, 0.6) is 0 Å². The standard InChI is InChI=1S/C17H20N4O2S/c18-13-15-17(19-6-2-7-21-8-10-22-11-9-21)23-16(20-15)5-4-14-3-1-12-24-14/h1,3-5,12,19H,2,6-11H2/b5-4+. The highest BCUT2D eigenvalue weighted by atomic mass is 32.1. The Bertz CT molecular complexity index is 697. The quantitative estimate of drug-likeness (QED) is 0.779. The molecule has 0 spiro atoms. The average Bonchev–Trinajstić information content (AvgIpc) is 3.27. The zero-order valence-corrected chi connectivity index (χ0v) is 14.2. The fraction of sp³-hybridized carbons (Fsp3) is 0.412. The molecule has 7 heteroatoms. The molecule has 126 valence electrons. The second kappa shape index (κ2) is 8.64. The molecule has 1 saturated heterocycles. The second-order valence-corrected chi connectivity index (χ2v) is 6.40. The Morgan fingerprint density at radius 3 is 3.00 bits per heavy atom. The van der Waals surface area contributed by atoms with Crippen molar-refractivity contribution in [3.63, 3.8) is 0 Å². The predicted molar refractivity (Wildman–Crippen MR) is 94.8 cm³/mol. The number of anilines is 1. The van der Waals surface area contributed by atoms with E-state index in [1.165, 1.54) is 0 Å². The summed E-state index contributed by atoms with van der Waals surface area (Å²) in [4.78, 5) is 7.70. The van der Waals surface area contributed by atoms with Crippen molar-refractivity contribution in [2.45, 2.75) is 6.42 Å². The van der Waals surface area contributed by atoms with Crippen LogP contribution in [0, 0.1) is 11.3 Å². The summed E-state index contributed by atoms with van der Waals surface area (Å²) in [7, 11) is 0. The topological polar surface area (TPSA) is 74.3 Å². The van der Waals surface area contributed by atoms with Crippen molar-refractivity contribution in [2.24, 2.45) is 0 Å². The molecule has 0 bridgehead atoms. The van der Waals surface area contributed by atoms with Gasteiger partial charge in [-0.25, -0.2) is 0 Å². The summed E-state index contributed by atoms with van der Waals surface area (Å²) in [5.74, 6) is 0.890. The highest BCUT2D eigenvalue weighted by Gasteiger charge is 2.12. The van der Waals surface area contributed by atoms with Crippen molar-refractivity contribution < 1.29 is 9.15 Å². The first kappa shape index (κ1) is 16.7. The van der Waals surface area contributed by atoms with Gasteiger partial charge in [0.25, 0.3) is 0 Å². The fourth-order valence-corrected chi connectivity index (χ4v) is 3.09. The van der Waals surface area contributed by atoms with Crippen LogP contribution in [-0.2, 0) is 4.74 Å². The predicted octanol–water partition coefficient (Wildman–Crippen LogP) is 2.91. The van der Waals surface area contributed by atoms with Crippen LogP contribution in [0.15, 0.2) is 21.9 Å². The second-order valence-electron chi connectivity index (χ2n) is 5.42. The van der Waals surface area contributed by atoms with Crippen LogP contribution >= 0.6 is 11.3 Å². The number of nitrogens with one attached hydrogen (secondary N) is 1. The Labute approximate surface area is 145 Å². The lowest BCUT2D eigenvalue weighted by Gasteiger charge is -2.26. The maximum Gasteiger partial charge on any atom is 0.232 e. The monoisotopic (exact) mass is 344 g/mol. The van der Waals surface area contributed by atoms with Gasteiger partial charge in [0.15, 0.2) is 0 Å². The van der Waals surface area contributed by atoms with Crippen molar-refractivity contribution in [2.75, 3.05) is 44.7 Å². The van der Waals surface area contributed by atoms with Gasteiger partial charge in [0.05, 0.1) is 13.2 Å². The maximum atomic E-state index is 9.19. The van der Waals surface area contributed by atoms with Crippen LogP contribution in [0.25, 0.3) is 12.2 Å². The molecule has 0 aliphatic carbocycles. The normalized spacial score (nSPS) is 15.6. The number of ether oxygens (including phenoxy) is 1. The Hall–Kier alpha value is -2.14. The first-order chi connectivity index (χ1) is 11.8. The Morgan fingerprint density at radius 1 is 1.38 bits per heavy atom. The number of oxazole rings is 1. The number of thiophene rings is 1. The van der Waals surface area contributed by atoms with E-state index >= 15 is 0 Å². The Kier molecular flexibility index (Phi) is 6.01. The van der Waals surface area contributed by atoms with Crippen molar-refractivity contribution in [3.05, 3.63) is 34.0 Å². The molecule has 2 aromatic rings. The molecule has 0 amide bonds. The van der Waals surface area contributed by atoms with Crippen LogP contribution in [0.2, 0.25) is 0 Å². The number of morpholine rings is 1. The molecule has 2 aromatic heterocycles. The smallest absolute Gasteiger partial charge is 0.232 e. The molecule has 24 heavy (non-hydrogen) atoms. The summed E-state index contributed by atoms with van der Waals surface area (Å²) in [5.41, 5.74) is 0.298. The third kappa shape index (κ3) is 4.68. The van der Waals surface area contributed by atoms with Crippen molar-refractivity contribution in [1.29, 1.82) is 5.26 Å². The number of aromatic nitrogens is 1. The molecule has 1 aliphatic heterocycles. The average molecular weight is 344 g/mol. The molecule has 0 radical (unpaired) electrons. The molecule has 3 heterocycles. The van der Waals surface area contributed by atoms with Gasteiger partial charge in [-0.2, -0.15) is 10.2 Å². The lowest BCUT2D eigenvalue weighted by molar-refractivity contribution is 0.0378. The number of nitrogens with zero attached hydrogens (tertiary/aromatic N) is 3. The van der Waals surface area contributed by atoms with Gasteiger partial charge >= 0.3 is 0 Å². The van der Waals surface area contributed by atoms with E-state index in [0.29, 0.717) is 17.5 Å². The van der Waals surface area contributed by atoms with Gasteiger partial charge < -0.3 is 14.5 Å². The van der Waals surface area contributed by atoms with Gasteiger partial charge in [-0.1, -0.05) is 6.07 Å². The van der Waals surface area contributed by atoms with E-state index in [1.54, 1.807) is 17.4 Å². The minimum atomic E-state index is 0.298. The van der Waals surface area contributed by atoms with Gasteiger partial charge in [-0.3, -0.25) is 4.90 Å². The van der Waals surface area contributed by atoms with Crippen LogP contribution < -0.4 is 5.32 Å². The Balaban J connectivity index is 1.50. The zero-order valence-electron chi connectivity index (χ0n) is 13.4. The minimum absolute atomic E-state index is 0.298. The number of hydrogen-bond donors (Lipinski definition) is 1. The number of hydrogen-bond acceptors (Lipinski definition) is 7. The van der Waals surface area contributed by atoms with Gasteiger partial charge in [0, 0.05) is 30.6 Å². The molecule has 3 rings (SSSR count).